The fraction of sp³-hybridized carbons (Fsp3) is 0.500. The smallest absolute Gasteiger partial charge is 0.441 e. The molecule has 0 aliphatic heterocycles. The molecule has 0 saturated carbocycles. The van der Waals surface area contributed by atoms with Gasteiger partial charge in [-0.05, 0) is 42.8 Å². The first-order valence-electron chi connectivity index (χ1n) is 5.49. The van der Waals surface area contributed by atoms with Crippen molar-refractivity contribution >= 4 is 11.8 Å². The maximum Gasteiger partial charge on any atom is 0.441 e. The highest BCUT2D eigenvalue weighted by molar-refractivity contribution is 8.00. The summed E-state index contributed by atoms with van der Waals surface area (Å²) in [7, 11) is 0. The number of rotatable bonds is 5. The fourth-order valence-corrected chi connectivity index (χ4v) is 1.82. The Labute approximate surface area is 109 Å². The van der Waals surface area contributed by atoms with Crippen LogP contribution in [0.5, 0.6) is 5.75 Å². The molecule has 1 unspecified atom stereocenters. The van der Waals surface area contributed by atoms with Gasteiger partial charge in [0.25, 0.3) is 0 Å². The second-order valence-electron chi connectivity index (χ2n) is 3.96. The first-order valence-corrected chi connectivity index (χ1v) is 6.48. The van der Waals surface area contributed by atoms with E-state index in [1.165, 1.54) is 0 Å². The summed E-state index contributed by atoms with van der Waals surface area (Å²) in [5, 5.41) is 0. The molecule has 0 radical (unpaired) electrons. The van der Waals surface area contributed by atoms with Gasteiger partial charge < -0.3 is 10.5 Å². The lowest BCUT2D eigenvalue weighted by Gasteiger charge is -2.12. The summed E-state index contributed by atoms with van der Waals surface area (Å²) in [5.41, 5.74) is 3.39. The van der Waals surface area contributed by atoms with Gasteiger partial charge in [-0.15, -0.1) is 0 Å². The van der Waals surface area contributed by atoms with Crippen LogP contribution in [0.15, 0.2) is 18.2 Å². The largest absolute Gasteiger partial charge is 0.492 e. The van der Waals surface area contributed by atoms with Crippen molar-refractivity contribution in [3.05, 3.63) is 29.3 Å². The molecule has 0 bridgehead atoms. The molecule has 0 fully saturated rings. The lowest BCUT2D eigenvalue weighted by atomic mass is 10.1. The average Bonchev–Trinajstić information content (AvgIpc) is 2.24. The van der Waals surface area contributed by atoms with Gasteiger partial charge in [0.15, 0.2) is 0 Å². The molecule has 1 rings (SSSR count). The minimum Gasteiger partial charge on any atom is -0.492 e. The molecule has 2 nitrogen and oxygen atoms in total. The van der Waals surface area contributed by atoms with Crippen molar-refractivity contribution in [2.45, 2.75) is 25.4 Å². The standard InChI is InChI=1S/C12H16F3NOS/c1-8-7-10(9(2)16)3-4-11(8)17-5-6-18-12(13,14)15/h3-4,7,9H,5-6,16H2,1-2H3. The van der Waals surface area contributed by atoms with E-state index >= 15 is 0 Å². The molecule has 0 saturated heterocycles. The monoisotopic (exact) mass is 279 g/mol. The number of halogens is 3. The van der Waals surface area contributed by atoms with Crippen LogP contribution in [-0.2, 0) is 0 Å². The Morgan fingerprint density at radius 3 is 2.56 bits per heavy atom. The molecule has 0 spiro atoms. The first kappa shape index (κ1) is 15.2. The van der Waals surface area contributed by atoms with Crippen molar-refractivity contribution < 1.29 is 17.9 Å². The van der Waals surface area contributed by atoms with Gasteiger partial charge in [-0.3, -0.25) is 0 Å². The summed E-state index contributed by atoms with van der Waals surface area (Å²) in [6.07, 6.45) is 0. The predicted molar refractivity (Wildman–Crippen MR) is 67.8 cm³/mol. The summed E-state index contributed by atoms with van der Waals surface area (Å²) in [6, 6.07) is 5.38. The van der Waals surface area contributed by atoms with Gasteiger partial charge in [0, 0.05) is 11.8 Å². The third kappa shape index (κ3) is 5.18. The molecule has 0 aliphatic carbocycles. The molecule has 0 aliphatic rings. The highest BCUT2D eigenvalue weighted by Gasteiger charge is 2.27. The summed E-state index contributed by atoms with van der Waals surface area (Å²) >= 11 is -0.0783. The summed E-state index contributed by atoms with van der Waals surface area (Å²) in [6.45, 7) is 3.75. The molecule has 102 valence electrons. The number of alkyl halides is 3. The predicted octanol–water partition coefficient (Wildman–Crippen LogP) is 3.65. The molecule has 1 aromatic carbocycles. The molecule has 6 heteroatoms. The first-order chi connectivity index (χ1) is 8.29. The van der Waals surface area contributed by atoms with Gasteiger partial charge in [-0.25, -0.2) is 0 Å². The van der Waals surface area contributed by atoms with Crippen LogP contribution in [0.4, 0.5) is 13.2 Å². The lowest BCUT2D eigenvalue weighted by molar-refractivity contribution is -0.0329. The maximum atomic E-state index is 11.9. The highest BCUT2D eigenvalue weighted by atomic mass is 32.2. The van der Waals surface area contributed by atoms with Gasteiger partial charge in [-0.2, -0.15) is 13.2 Å². The molecule has 0 amide bonds. The normalized spacial score (nSPS) is 13.4. The van der Waals surface area contributed by atoms with Crippen molar-refractivity contribution in [2.24, 2.45) is 5.73 Å². The van der Waals surface area contributed by atoms with Gasteiger partial charge in [0.2, 0.25) is 0 Å². The number of nitrogens with two attached hydrogens (primary N) is 1. The molecule has 1 atom stereocenters. The van der Waals surface area contributed by atoms with Crippen LogP contribution in [0.25, 0.3) is 0 Å². The zero-order chi connectivity index (χ0) is 13.8. The molecular formula is C12H16F3NOS. The number of hydrogen-bond acceptors (Lipinski definition) is 3. The van der Waals surface area contributed by atoms with E-state index in [0.29, 0.717) is 5.75 Å². The van der Waals surface area contributed by atoms with Crippen LogP contribution in [0, 0.1) is 6.92 Å². The van der Waals surface area contributed by atoms with Crippen molar-refractivity contribution in [2.75, 3.05) is 12.4 Å². The number of benzene rings is 1. The fourth-order valence-electron chi connectivity index (χ4n) is 1.43. The van der Waals surface area contributed by atoms with Crippen molar-refractivity contribution in [1.29, 1.82) is 0 Å². The minimum absolute atomic E-state index is 0.0303. The van der Waals surface area contributed by atoms with E-state index in [0.717, 1.165) is 11.1 Å². The maximum absolute atomic E-state index is 11.9. The van der Waals surface area contributed by atoms with E-state index in [-0.39, 0.29) is 30.2 Å². The third-order valence-corrected chi connectivity index (χ3v) is 3.03. The Hall–Kier alpha value is -0.880. The van der Waals surface area contributed by atoms with Crippen molar-refractivity contribution in [3.8, 4) is 5.75 Å². The van der Waals surface area contributed by atoms with Crippen LogP contribution in [0.1, 0.15) is 24.1 Å². The van der Waals surface area contributed by atoms with Crippen molar-refractivity contribution in [1.82, 2.24) is 0 Å². The van der Waals surface area contributed by atoms with Crippen LogP contribution in [-0.4, -0.2) is 17.9 Å². The van der Waals surface area contributed by atoms with E-state index in [1.54, 1.807) is 6.07 Å². The zero-order valence-electron chi connectivity index (χ0n) is 10.3. The van der Waals surface area contributed by atoms with E-state index in [9.17, 15) is 13.2 Å². The Balaban J connectivity index is 2.48. The van der Waals surface area contributed by atoms with E-state index < -0.39 is 5.51 Å². The van der Waals surface area contributed by atoms with Gasteiger partial charge in [0.05, 0.1) is 6.61 Å². The minimum atomic E-state index is -4.20. The van der Waals surface area contributed by atoms with E-state index in [1.807, 2.05) is 26.0 Å². The Kier molecular flexibility index (Phi) is 5.34. The number of aryl methyl sites for hydroxylation is 1. The van der Waals surface area contributed by atoms with Crippen LogP contribution < -0.4 is 10.5 Å². The molecule has 2 N–H and O–H groups in total. The molecular weight excluding hydrogens is 263 g/mol. The summed E-state index contributed by atoms with van der Waals surface area (Å²) in [5.74, 6) is 0.486. The van der Waals surface area contributed by atoms with E-state index in [4.69, 9.17) is 10.5 Å². The summed E-state index contributed by atoms with van der Waals surface area (Å²) < 4.78 is 41.0. The topological polar surface area (TPSA) is 35.2 Å². The van der Waals surface area contributed by atoms with Crippen LogP contribution in [0.3, 0.4) is 0 Å². The second kappa shape index (κ2) is 6.33. The van der Waals surface area contributed by atoms with Crippen LogP contribution in [0.2, 0.25) is 0 Å². The van der Waals surface area contributed by atoms with Gasteiger partial charge in [0.1, 0.15) is 5.75 Å². The number of hydrogen-bond donors (Lipinski definition) is 1. The molecule has 1 aromatic rings. The highest BCUT2D eigenvalue weighted by Crippen LogP contribution is 2.30. The summed E-state index contributed by atoms with van der Waals surface area (Å²) in [4.78, 5) is 0. The number of thioether (sulfide) groups is 1. The van der Waals surface area contributed by atoms with Gasteiger partial charge >= 0.3 is 5.51 Å². The zero-order valence-corrected chi connectivity index (χ0v) is 11.1. The van der Waals surface area contributed by atoms with Crippen LogP contribution >= 0.6 is 11.8 Å². The molecule has 0 heterocycles. The average molecular weight is 279 g/mol. The van der Waals surface area contributed by atoms with Gasteiger partial charge in [-0.1, -0.05) is 12.1 Å². The molecule has 0 aromatic heterocycles. The van der Waals surface area contributed by atoms with Crippen molar-refractivity contribution in [3.63, 3.8) is 0 Å². The lowest BCUT2D eigenvalue weighted by Crippen LogP contribution is -2.09. The Morgan fingerprint density at radius 1 is 1.39 bits per heavy atom. The quantitative estimate of drug-likeness (QED) is 0.836. The SMILES string of the molecule is Cc1cc(C(C)N)ccc1OCCSC(F)(F)F. The number of ether oxygens (including phenoxy) is 1. The molecule has 18 heavy (non-hydrogen) atoms. The second-order valence-corrected chi connectivity index (χ2v) is 5.12. The Bertz CT molecular complexity index is 393. The Morgan fingerprint density at radius 2 is 2.06 bits per heavy atom. The third-order valence-electron chi connectivity index (χ3n) is 2.33. The van der Waals surface area contributed by atoms with E-state index in [2.05, 4.69) is 0 Å².